The maximum Gasteiger partial charge on any atom is 0.154 e. The number of hydrogen-bond donors (Lipinski definition) is 1. The predicted octanol–water partition coefficient (Wildman–Crippen LogP) is 2.78. The summed E-state index contributed by atoms with van der Waals surface area (Å²) in [5.74, 6) is 0.154. The average molecular weight is 283 g/mol. The summed E-state index contributed by atoms with van der Waals surface area (Å²) in [6, 6.07) is 6.07. The van der Waals surface area contributed by atoms with Crippen LogP contribution in [0, 0.1) is 13.8 Å². The van der Waals surface area contributed by atoms with Crippen molar-refractivity contribution in [2.45, 2.75) is 45.4 Å². The van der Waals surface area contributed by atoms with Crippen molar-refractivity contribution in [3.63, 3.8) is 0 Å². The third kappa shape index (κ3) is 4.32. The highest BCUT2D eigenvalue weighted by atomic mass is 32.2. The number of rotatable bonds is 6. The minimum absolute atomic E-state index is 0.141. The summed E-state index contributed by atoms with van der Waals surface area (Å²) in [4.78, 5) is 0. The summed E-state index contributed by atoms with van der Waals surface area (Å²) in [6.45, 7) is 7.76. The van der Waals surface area contributed by atoms with E-state index in [4.69, 9.17) is 0 Å². The predicted molar refractivity (Wildman–Crippen MR) is 81.3 cm³/mol. The van der Waals surface area contributed by atoms with Gasteiger partial charge in [-0.2, -0.15) is 0 Å². The number of hydrogen-bond acceptors (Lipinski definition) is 3. The van der Waals surface area contributed by atoms with E-state index >= 15 is 0 Å². The third-order valence-electron chi connectivity index (χ3n) is 3.58. The van der Waals surface area contributed by atoms with Crippen molar-refractivity contribution in [1.82, 2.24) is 5.32 Å². The van der Waals surface area contributed by atoms with Crippen LogP contribution in [0.2, 0.25) is 0 Å². The van der Waals surface area contributed by atoms with Gasteiger partial charge in [-0.3, -0.25) is 0 Å². The molecule has 1 aromatic carbocycles. The van der Waals surface area contributed by atoms with Crippen LogP contribution in [0.4, 0.5) is 0 Å². The van der Waals surface area contributed by atoms with E-state index in [9.17, 15) is 8.42 Å². The van der Waals surface area contributed by atoms with Gasteiger partial charge >= 0.3 is 0 Å². The van der Waals surface area contributed by atoms with E-state index in [-0.39, 0.29) is 17.0 Å². The summed E-state index contributed by atoms with van der Waals surface area (Å²) in [5.41, 5.74) is 3.37. The Morgan fingerprint density at radius 2 is 1.68 bits per heavy atom. The molecule has 0 spiro atoms. The van der Waals surface area contributed by atoms with Crippen LogP contribution >= 0.6 is 0 Å². The van der Waals surface area contributed by atoms with Crippen molar-refractivity contribution >= 4 is 9.84 Å². The monoisotopic (exact) mass is 283 g/mol. The van der Waals surface area contributed by atoms with E-state index in [0.717, 1.165) is 16.7 Å². The number of benzene rings is 1. The van der Waals surface area contributed by atoms with Crippen LogP contribution in [0.15, 0.2) is 18.2 Å². The zero-order chi connectivity index (χ0) is 14.6. The minimum Gasteiger partial charge on any atom is -0.312 e. The molecule has 0 aliphatic heterocycles. The lowest BCUT2D eigenvalue weighted by atomic mass is 10.0. The first-order valence-electron chi connectivity index (χ1n) is 6.77. The maximum absolute atomic E-state index is 12.2. The summed E-state index contributed by atoms with van der Waals surface area (Å²) >= 11 is 0. The van der Waals surface area contributed by atoms with Gasteiger partial charge in [-0.05, 0) is 39.8 Å². The van der Waals surface area contributed by atoms with Crippen LogP contribution < -0.4 is 5.32 Å². The van der Waals surface area contributed by atoms with Crippen LogP contribution in [-0.2, 0) is 9.84 Å². The van der Waals surface area contributed by atoms with E-state index < -0.39 is 9.84 Å². The standard InChI is InChI=1S/C15H25NO2S/c1-6-13(4)19(17,18)10-15(16-5)14-8-11(2)7-12(3)9-14/h7-9,13,15-16H,6,10H2,1-5H3. The Hall–Kier alpha value is -0.870. The topological polar surface area (TPSA) is 46.2 Å². The van der Waals surface area contributed by atoms with E-state index in [1.54, 1.807) is 6.92 Å². The van der Waals surface area contributed by atoms with Crippen LogP contribution in [0.3, 0.4) is 0 Å². The Morgan fingerprint density at radius 1 is 1.16 bits per heavy atom. The van der Waals surface area contributed by atoms with Gasteiger partial charge in [0.25, 0.3) is 0 Å². The molecule has 0 bridgehead atoms. The number of nitrogens with one attached hydrogen (secondary N) is 1. The zero-order valence-corrected chi connectivity index (χ0v) is 13.3. The van der Waals surface area contributed by atoms with Crippen LogP contribution in [0.25, 0.3) is 0 Å². The molecule has 0 aliphatic rings. The number of aryl methyl sites for hydroxylation is 2. The highest BCUT2D eigenvalue weighted by Crippen LogP contribution is 2.20. The van der Waals surface area contributed by atoms with E-state index in [1.807, 2.05) is 27.8 Å². The fourth-order valence-corrected chi connectivity index (χ4v) is 3.87. The Morgan fingerprint density at radius 3 is 2.11 bits per heavy atom. The SMILES string of the molecule is CCC(C)S(=O)(=O)CC(NC)c1cc(C)cc(C)c1. The first-order valence-corrected chi connectivity index (χ1v) is 8.48. The molecule has 0 saturated carbocycles. The Labute approximate surface area is 117 Å². The first-order chi connectivity index (χ1) is 8.80. The molecule has 0 amide bonds. The van der Waals surface area contributed by atoms with E-state index in [2.05, 4.69) is 23.5 Å². The van der Waals surface area contributed by atoms with Crippen molar-refractivity contribution < 1.29 is 8.42 Å². The molecule has 4 heteroatoms. The molecule has 1 aromatic rings. The molecule has 0 radical (unpaired) electrons. The zero-order valence-electron chi connectivity index (χ0n) is 12.5. The van der Waals surface area contributed by atoms with Gasteiger partial charge in [0.15, 0.2) is 9.84 Å². The summed E-state index contributed by atoms with van der Waals surface area (Å²) in [7, 11) is -1.24. The van der Waals surface area contributed by atoms with Gasteiger partial charge in [-0.1, -0.05) is 36.2 Å². The Bertz CT molecular complexity index is 503. The quantitative estimate of drug-likeness (QED) is 0.873. The van der Waals surface area contributed by atoms with Crippen molar-refractivity contribution in [1.29, 1.82) is 0 Å². The molecule has 2 unspecified atom stereocenters. The lowest BCUT2D eigenvalue weighted by Crippen LogP contribution is -2.30. The molecule has 1 N–H and O–H groups in total. The van der Waals surface area contributed by atoms with Crippen molar-refractivity contribution in [3.8, 4) is 0 Å². The highest BCUT2D eigenvalue weighted by molar-refractivity contribution is 7.92. The van der Waals surface area contributed by atoms with Gasteiger partial charge in [0, 0.05) is 6.04 Å². The first kappa shape index (κ1) is 16.2. The Balaban J connectivity index is 3.02. The van der Waals surface area contributed by atoms with Crippen LogP contribution in [0.1, 0.15) is 43.0 Å². The molecule has 0 aliphatic carbocycles. The summed E-state index contributed by atoms with van der Waals surface area (Å²) in [5, 5.41) is 2.85. The lowest BCUT2D eigenvalue weighted by molar-refractivity contribution is 0.561. The smallest absolute Gasteiger partial charge is 0.154 e. The van der Waals surface area contributed by atoms with Crippen molar-refractivity contribution in [2.24, 2.45) is 0 Å². The van der Waals surface area contributed by atoms with Gasteiger partial charge in [0.05, 0.1) is 11.0 Å². The largest absolute Gasteiger partial charge is 0.312 e. The average Bonchev–Trinajstić information content (AvgIpc) is 2.33. The van der Waals surface area contributed by atoms with Crippen molar-refractivity contribution in [3.05, 3.63) is 34.9 Å². The van der Waals surface area contributed by atoms with Gasteiger partial charge in [0.2, 0.25) is 0 Å². The maximum atomic E-state index is 12.2. The summed E-state index contributed by atoms with van der Waals surface area (Å²) in [6.07, 6.45) is 0.658. The number of sulfone groups is 1. The molecule has 1 rings (SSSR count). The van der Waals surface area contributed by atoms with Crippen LogP contribution in [0.5, 0.6) is 0 Å². The van der Waals surface area contributed by atoms with Gasteiger partial charge in [0.1, 0.15) is 0 Å². The Kier molecular flexibility index (Phi) is 5.56. The van der Waals surface area contributed by atoms with Gasteiger partial charge < -0.3 is 5.32 Å². The second-order valence-corrected chi connectivity index (χ2v) is 7.77. The second-order valence-electron chi connectivity index (χ2n) is 5.31. The molecular formula is C15H25NO2S. The van der Waals surface area contributed by atoms with E-state index in [0.29, 0.717) is 6.42 Å². The molecule has 19 heavy (non-hydrogen) atoms. The van der Waals surface area contributed by atoms with Gasteiger partial charge in [-0.25, -0.2) is 8.42 Å². The lowest BCUT2D eigenvalue weighted by Gasteiger charge is -2.20. The normalized spacial score (nSPS) is 15.2. The molecule has 0 fully saturated rings. The molecule has 3 nitrogen and oxygen atoms in total. The third-order valence-corrected chi connectivity index (χ3v) is 5.94. The van der Waals surface area contributed by atoms with Crippen molar-refractivity contribution in [2.75, 3.05) is 12.8 Å². The minimum atomic E-state index is -3.06. The highest BCUT2D eigenvalue weighted by Gasteiger charge is 2.24. The van der Waals surface area contributed by atoms with Crippen LogP contribution in [-0.4, -0.2) is 26.5 Å². The molecule has 0 saturated heterocycles. The van der Waals surface area contributed by atoms with E-state index in [1.165, 1.54) is 0 Å². The molecule has 108 valence electrons. The molecular weight excluding hydrogens is 258 g/mol. The molecule has 0 aromatic heterocycles. The summed E-state index contributed by atoms with van der Waals surface area (Å²) < 4.78 is 24.5. The van der Waals surface area contributed by atoms with Gasteiger partial charge in [-0.15, -0.1) is 0 Å². The fourth-order valence-electron chi connectivity index (χ4n) is 2.21. The fraction of sp³-hybridized carbons (Fsp3) is 0.600. The molecule has 0 heterocycles. The molecule has 2 atom stereocenters. The second kappa shape index (κ2) is 6.53.